The molecule has 0 radical (unpaired) electrons. The number of benzene rings is 2. The summed E-state index contributed by atoms with van der Waals surface area (Å²) in [5, 5.41) is 0. The Bertz CT molecular complexity index is 754. The molecule has 3 nitrogen and oxygen atoms in total. The lowest BCUT2D eigenvalue weighted by atomic mass is 10.2. The van der Waals surface area contributed by atoms with Crippen molar-refractivity contribution in [2.24, 2.45) is 0 Å². The van der Waals surface area contributed by atoms with Crippen molar-refractivity contribution in [1.29, 1.82) is 0 Å². The van der Waals surface area contributed by atoms with Crippen LogP contribution in [0.3, 0.4) is 0 Å². The topological polar surface area (TPSA) is 21.1 Å². The van der Waals surface area contributed by atoms with Gasteiger partial charge in [-0.15, -0.1) is 0 Å². The minimum absolute atomic E-state index is 1.02. The zero-order valence-corrected chi connectivity index (χ0v) is 12.9. The van der Waals surface area contributed by atoms with Gasteiger partial charge in [0.25, 0.3) is 0 Å². The van der Waals surface area contributed by atoms with E-state index in [1.807, 2.05) is 6.33 Å². The summed E-state index contributed by atoms with van der Waals surface area (Å²) in [5.41, 5.74) is 5.85. The van der Waals surface area contributed by atoms with Gasteiger partial charge in [-0.2, -0.15) is 0 Å². The molecule has 0 fully saturated rings. The van der Waals surface area contributed by atoms with Gasteiger partial charge in [-0.1, -0.05) is 12.1 Å². The molecule has 108 valence electrons. The van der Waals surface area contributed by atoms with Gasteiger partial charge in [0.1, 0.15) is 6.33 Å². The number of nitrogens with zero attached hydrogens (tertiary/aromatic N) is 3. The monoisotopic (exact) mass is 279 g/mol. The van der Waals surface area contributed by atoms with E-state index in [1.54, 1.807) is 0 Å². The quantitative estimate of drug-likeness (QED) is 0.714. The maximum atomic E-state index is 4.52. The highest BCUT2D eigenvalue weighted by molar-refractivity contribution is 5.78. The van der Waals surface area contributed by atoms with Gasteiger partial charge in [0.05, 0.1) is 11.0 Å². The van der Waals surface area contributed by atoms with Crippen LogP contribution in [-0.4, -0.2) is 22.6 Å². The van der Waals surface area contributed by atoms with E-state index in [-0.39, 0.29) is 0 Å². The molecule has 3 rings (SSSR count). The first-order valence-corrected chi connectivity index (χ1v) is 7.52. The second kappa shape index (κ2) is 5.60. The number of hydrogen-bond donors (Lipinski definition) is 0. The molecule has 0 unspecified atom stereocenters. The number of hydrogen-bond acceptors (Lipinski definition) is 2. The summed E-state index contributed by atoms with van der Waals surface area (Å²) in [5.74, 6) is 0. The summed E-state index contributed by atoms with van der Waals surface area (Å²) in [6, 6.07) is 15.0. The van der Waals surface area contributed by atoms with E-state index in [0.29, 0.717) is 0 Å². The fraction of sp³-hybridized carbons (Fsp3) is 0.278. The molecule has 0 aliphatic heterocycles. The van der Waals surface area contributed by atoms with Gasteiger partial charge in [0.15, 0.2) is 0 Å². The van der Waals surface area contributed by atoms with Crippen LogP contribution in [0.2, 0.25) is 0 Å². The molecule has 0 saturated carbocycles. The van der Waals surface area contributed by atoms with E-state index >= 15 is 0 Å². The molecule has 0 atom stereocenters. The average molecular weight is 279 g/mol. The molecule has 1 heterocycles. The molecule has 0 amide bonds. The van der Waals surface area contributed by atoms with Gasteiger partial charge in [0.2, 0.25) is 0 Å². The summed E-state index contributed by atoms with van der Waals surface area (Å²) < 4.78 is 2.15. The smallest absolute Gasteiger partial charge is 0.100 e. The number of aryl methyl sites for hydroxylation is 1. The Morgan fingerprint density at radius 2 is 1.86 bits per heavy atom. The van der Waals surface area contributed by atoms with Crippen molar-refractivity contribution in [3.05, 3.63) is 54.4 Å². The molecule has 0 spiro atoms. The van der Waals surface area contributed by atoms with E-state index in [2.05, 4.69) is 77.7 Å². The molecule has 0 aliphatic carbocycles. The van der Waals surface area contributed by atoms with E-state index in [9.17, 15) is 0 Å². The highest BCUT2D eigenvalue weighted by Gasteiger charge is 2.07. The third-order valence-electron chi connectivity index (χ3n) is 3.94. The van der Waals surface area contributed by atoms with Gasteiger partial charge < -0.3 is 4.90 Å². The third-order valence-corrected chi connectivity index (χ3v) is 3.94. The van der Waals surface area contributed by atoms with E-state index in [0.717, 1.165) is 29.8 Å². The van der Waals surface area contributed by atoms with Crippen molar-refractivity contribution in [2.75, 3.05) is 18.0 Å². The zero-order valence-electron chi connectivity index (χ0n) is 12.9. The van der Waals surface area contributed by atoms with E-state index in [4.69, 9.17) is 0 Å². The lowest BCUT2D eigenvalue weighted by molar-refractivity contribution is 0.865. The minimum Gasteiger partial charge on any atom is -0.372 e. The summed E-state index contributed by atoms with van der Waals surface area (Å²) in [6.07, 6.45) is 1.91. The lowest BCUT2D eigenvalue weighted by Gasteiger charge is -2.21. The summed E-state index contributed by atoms with van der Waals surface area (Å²) in [7, 11) is 0. The maximum Gasteiger partial charge on any atom is 0.100 e. The van der Waals surface area contributed by atoms with E-state index in [1.165, 1.54) is 11.3 Å². The number of aromatic nitrogens is 2. The number of fused-ring (bicyclic) bond motifs is 1. The first-order chi connectivity index (χ1) is 10.2. The van der Waals surface area contributed by atoms with Crippen LogP contribution < -0.4 is 4.90 Å². The van der Waals surface area contributed by atoms with Crippen molar-refractivity contribution < 1.29 is 0 Å². The van der Waals surface area contributed by atoms with Crippen LogP contribution in [0.1, 0.15) is 19.4 Å². The van der Waals surface area contributed by atoms with Crippen LogP contribution in [-0.2, 0) is 0 Å². The largest absolute Gasteiger partial charge is 0.372 e. The predicted octanol–water partition coefficient (Wildman–Crippen LogP) is 4.18. The normalized spacial score (nSPS) is 11.0. The standard InChI is InChI=1S/C18H21N3/c1-4-20(5-2)15-7-6-8-16(12-15)21-13-19-17-11-14(3)9-10-18(17)21/h6-13H,4-5H2,1-3H3. The first kappa shape index (κ1) is 13.7. The minimum atomic E-state index is 1.02. The predicted molar refractivity (Wildman–Crippen MR) is 89.4 cm³/mol. The van der Waals surface area contributed by atoms with Crippen molar-refractivity contribution in [3.8, 4) is 5.69 Å². The summed E-state index contributed by atoms with van der Waals surface area (Å²) in [4.78, 5) is 6.87. The van der Waals surface area contributed by atoms with Crippen LogP contribution in [0.25, 0.3) is 16.7 Å². The third kappa shape index (κ3) is 2.51. The fourth-order valence-corrected chi connectivity index (χ4v) is 2.76. The molecule has 3 heteroatoms. The number of anilines is 1. The fourth-order valence-electron chi connectivity index (χ4n) is 2.76. The van der Waals surface area contributed by atoms with Crippen molar-refractivity contribution in [1.82, 2.24) is 9.55 Å². The summed E-state index contributed by atoms with van der Waals surface area (Å²) in [6.45, 7) is 8.50. The number of rotatable bonds is 4. The van der Waals surface area contributed by atoms with Crippen LogP contribution in [0.15, 0.2) is 48.8 Å². The van der Waals surface area contributed by atoms with Gasteiger partial charge in [-0.3, -0.25) is 4.57 Å². The van der Waals surface area contributed by atoms with Crippen LogP contribution in [0, 0.1) is 6.92 Å². The molecule has 0 N–H and O–H groups in total. The Morgan fingerprint density at radius 1 is 1.05 bits per heavy atom. The molecule has 3 aromatic rings. The summed E-state index contributed by atoms with van der Waals surface area (Å²) >= 11 is 0. The van der Waals surface area contributed by atoms with E-state index < -0.39 is 0 Å². The second-order valence-corrected chi connectivity index (χ2v) is 5.30. The molecule has 0 saturated heterocycles. The zero-order chi connectivity index (χ0) is 14.8. The van der Waals surface area contributed by atoms with Crippen LogP contribution >= 0.6 is 0 Å². The molecular formula is C18H21N3. The van der Waals surface area contributed by atoms with Gasteiger partial charge in [-0.05, 0) is 56.7 Å². The molecule has 1 aromatic heterocycles. The van der Waals surface area contributed by atoms with Crippen LogP contribution in [0.5, 0.6) is 0 Å². The second-order valence-electron chi connectivity index (χ2n) is 5.30. The Morgan fingerprint density at radius 3 is 2.62 bits per heavy atom. The SMILES string of the molecule is CCN(CC)c1cccc(-n2cnc3cc(C)ccc32)c1. The molecule has 21 heavy (non-hydrogen) atoms. The molecule has 2 aromatic carbocycles. The lowest BCUT2D eigenvalue weighted by Crippen LogP contribution is -2.21. The Kier molecular flexibility index (Phi) is 3.65. The van der Waals surface area contributed by atoms with Crippen LogP contribution in [0.4, 0.5) is 5.69 Å². The number of imidazole rings is 1. The van der Waals surface area contributed by atoms with Gasteiger partial charge in [-0.25, -0.2) is 4.98 Å². The average Bonchev–Trinajstić information content (AvgIpc) is 2.92. The highest BCUT2D eigenvalue weighted by Crippen LogP contribution is 2.23. The maximum absolute atomic E-state index is 4.52. The van der Waals surface area contributed by atoms with Crippen molar-refractivity contribution in [2.45, 2.75) is 20.8 Å². The molecule has 0 bridgehead atoms. The van der Waals surface area contributed by atoms with Gasteiger partial charge >= 0.3 is 0 Å². The molecular weight excluding hydrogens is 258 g/mol. The first-order valence-electron chi connectivity index (χ1n) is 7.52. The van der Waals surface area contributed by atoms with Gasteiger partial charge in [0, 0.05) is 24.5 Å². The Balaban J connectivity index is 2.08. The Hall–Kier alpha value is -2.29. The Labute approximate surface area is 125 Å². The van der Waals surface area contributed by atoms with Crippen molar-refractivity contribution in [3.63, 3.8) is 0 Å². The molecule has 0 aliphatic rings. The highest BCUT2D eigenvalue weighted by atomic mass is 15.1. The van der Waals surface area contributed by atoms with Crippen molar-refractivity contribution >= 4 is 16.7 Å².